The van der Waals surface area contributed by atoms with E-state index in [4.69, 9.17) is 14.2 Å². The van der Waals surface area contributed by atoms with Crippen LogP contribution in [-0.2, 0) is 69.9 Å². The van der Waals surface area contributed by atoms with Crippen molar-refractivity contribution in [2.24, 2.45) is 17.3 Å². The van der Waals surface area contributed by atoms with Gasteiger partial charge in [0.1, 0.15) is 59.5 Å². The van der Waals surface area contributed by atoms with E-state index in [9.17, 15) is 52.0 Å². The Morgan fingerprint density at radius 1 is 0.975 bits per heavy atom. The van der Waals surface area contributed by atoms with E-state index in [-0.39, 0.29) is 93.6 Å². The molecule has 2 aromatic heterocycles. The molecule has 27 heteroatoms. The summed E-state index contributed by atoms with van der Waals surface area (Å²) >= 11 is 1.56. The number of aryl methyl sites for hydroxylation is 2. The van der Waals surface area contributed by atoms with Gasteiger partial charge in [0.05, 0.1) is 34.4 Å². The number of aliphatic hydroxyl groups is 2. The molecule has 4 aromatic rings. The number of benzene rings is 2. The number of likely N-dealkylation sites (tertiary alicyclic amines) is 1. The van der Waals surface area contributed by atoms with Crippen LogP contribution in [0.25, 0.3) is 10.4 Å². The molecule has 7 N–H and O–H groups in total. The minimum atomic E-state index is -5.26. The van der Waals surface area contributed by atoms with Crippen molar-refractivity contribution in [2.75, 3.05) is 26.3 Å². The number of unbranched alkanes of at least 4 members (excludes halogenated alkanes) is 2. The van der Waals surface area contributed by atoms with Gasteiger partial charge < -0.3 is 60.5 Å². The third kappa shape index (κ3) is 19.8. The van der Waals surface area contributed by atoms with Crippen LogP contribution in [-0.4, -0.2) is 146 Å². The molecule has 2 fully saturated rings. The van der Waals surface area contributed by atoms with Gasteiger partial charge in [0.2, 0.25) is 29.5 Å². The smallest absolute Gasteiger partial charge is 0.746 e. The molecule has 6 amide bonds. The van der Waals surface area contributed by atoms with Crippen LogP contribution in [0.1, 0.15) is 102 Å². The van der Waals surface area contributed by atoms with E-state index in [1.807, 2.05) is 52.0 Å². The Morgan fingerprint density at radius 3 is 2.33 bits per heavy atom. The number of ether oxygens (including phenoxy) is 3. The SMILES string of the molecule is Cc1ncsc1-c1ccc(CNC(=O)[C@@H]2C[C@@H](O)CN2C(=O)[C@@H](NC(=O)COCCCCCn2cc(COc3ccc(COC(=O)N[C@@H](CC(C)C)C(=O)N[C@@H](C[C@@H]4CCNC4=O)C(O)S(=O)(=O)[O-])cc3)nn2)C(C)(C)C)cc1.[Na+]. The second-order valence-electron chi connectivity index (χ2n) is 21.4. The maximum atomic E-state index is 14.0. The van der Waals surface area contributed by atoms with Crippen molar-refractivity contribution in [3.63, 3.8) is 0 Å². The van der Waals surface area contributed by atoms with Crippen molar-refractivity contribution in [3.05, 3.63) is 82.8 Å². The number of hydrogen-bond donors (Lipinski definition) is 7. The van der Waals surface area contributed by atoms with E-state index in [0.717, 1.165) is 34.5 Å². The van der Waals surface area contributed by atoms with Gasteiger partial charge in [0.25, 0.3) is 0 Å². The zero-order valence-electron chi connectivity index (χ0n) is 46.3. The zero-order valence-corrected chi connectivity index (χ0v) is 50.0. The van der Waals surface area contributed by atoms with Crippen molar-refractivity contribution in [3.8, 4) is 16.2 Å². The van der Waals surface area contributed by atoms with Crippen molar-refractivity contribution >= 4 is 57.1 Å². The van der Waals surface area contributed by atoms with Gasteiger partial charge in [-0.3, -0.25) is 28.7 Å². The van der Waals surface area contributed by atoms with Crippen LogP contribution < -0.4 is 60.9 Å². The van der Waals surface area contributed by atoms with Crippen LogP contribution in [0, 0.1) is 24.2 Å². The minimum absolute atomic E-state index is 0. The summed E-state index contributed by atoms with van der Waals surface area (Å²) in [7, 11) is -5.26. The first-order chi connectivity index (χ1) is 37.4. The molecule has 2 aliphatic heterocycles. The van der Waals surface area contributed by atoms with Crippen LogP contribution in [0.5, 0.6) is 5.75 Å². The predicted octanol–water partition coefficient (Wildman–Crippen LogP) is -0.195. The summed E-state index contributed by atoms with van der Waals surface area (Å²) in [6.45, 7) is 12.1. The first-order valence-electron chi connectivity index (χ1n) is 26.3. The number of β-amino-alcohol motifs (C(OH)–C–C–N with tert-alkyl or cyclic N) is 1. The molecule has 0 bridgehead atoms. The van der Waals surface area contributed by atoms with Gasteiger partial charge in [-0.15, -0.1) is 16.4 Å². The number of aliphatic hydroxyl groups excluding tert-OH is 2. The Balaban J connectivity index is 0.0000118. The number of thiazole rings is 1. The summed E-state index contributed by atoms with van der Waals surface area (Å²) in [5.41, 5.74) is 2.61. The normalized spacial score (nSPS) is 17.9. The van der Waals surface area contributed by atoms with E-state index in [1.165, 1.54) is 4.90 Å². The number of alkyl carbamates (subject to hydrolysis) is 1. The minimum Gasteiger partial charge on any atom is -0.746 e. The Kier molecular flexibility index (Phi) is 24.8. The van der Waals surface area contributed by atoms with Gasteiger partial charge in [0.15, 0.2) is 5.44 Å². The second kappa shape index (κ2) is 30.5. The quantitative estimate of drug-likeness (QED) is 0.0220. The molecule has 6 rings (SSSR count). The number of carbonyl (C=O) groups excluding carboxylic acids is 6. The molecule has 2 aliphatic rings. The van der Waals surface area contributed by atoms with Crippen molar-refractivity contribution in [2.45, 2.75) is 148 Å². The number of aromatic nitrogens is 4. The molecule has 7 atom stereocenters. The Labute approximate surface area is 492 Å². The van der Waals surface area contributed by atoms with Gasteiger partial charge in [0, 0.05) is 45.1 Å². The third-order valence-corrected chi connectivity index (χ3v) is 15.3. The Morgan fingerprint density at radius 2 is 1.69 bits per heavy atom. The molecule has 0 spiro atoms. The van der Waals surface area contributed by atoms with E-state index in [0.29, 0.717) is 49.5 Å². The summed E-state index contributed by atoms with van der Waals surface area (Å²) in [5.74, 6) is -2.92. The predicted molar refractivity (Wildman–Crippen MR) is 287 cm³/mol. The maximum absolute atomic E-state index is 14.0. The molecular formula is C53H73N10NaO14S2. The van der Waals surface area contributed by atoms with E-state index in [1.54, 1.807) is 65.8 Å². The van der Waals surface area contributed by atoms with Gasteiger partial charge in [-0.2, -0.15) is 0 Å². The second-order valence-corrected chi connectivity index (χ2v) is 23.7. The maximum Gasteiger partial charge on any atom is 1.00 e. The van der Waals surface area contributed by atoms with Crippen LogP contribution in [0.3, 0.4) is 0 Å². The van der Waals surface area contributed by atoms with Gasteiger partial charge in [-0.05, 0) is 85.6 Å². The summed E-state index contributed by atoms with van der Waals surface area (Å²) in [4.78, 5) is 85.6. The zero-order chi connectivity index (χ0) is 57.4. The van der Waals surface area contributed by atoms with Crippen LogP contribution in [0.2, 0.25) is 0 Å². The van der Waals surface area contributed by atoms with E-state index < -0.39 is 86.9 Å². The molecule has 80 heavy (non-hydrogen) atoms. The average molecular weight is 1160 g/mol. The summed E-state index contributed by atoms with van der Waals surface area (Å²) in [6.07, 6.45) is 2.33. The van der Waals surface area contributed by atoms with E-state index >= 15 is 0 Å². The first kappa shape index (κ1) is 65.2. The largest absolute Gasteiger partial charge is 1.00 e. The van der Waals surface area contributed by atoms with E-state index in [2.05, 4.69) is 41.9 Å². The van der Waals surface area contributed by atoms with Crippen LogP contribution >= 0.6 is 11.3 Å². The number of rotatable bonds is 28. The molecule has 24 nitrogen and oxygen atoms in total. The van der Waals surface area contributed by atoms with Crippen molar-refractivity contribution in [1.82, 2.24) is 51.5 Å². The van der Waals surface area contributed by atoms with Crippen LogP contribution in [0.4, 0.5) is 4.79 Å². The summed E-state index contributed by atoms with van der Waals surface area (Å²) < 4.78 is 53.7. The summed E-state index contributed by atoms with van der Waals surface area (Å²) in [6, 6.07) is 9.83. The average Bonchev–Trinajstić information content (AvgIpc) is 4.29. The number of carbonyl (C=O) groups is 6. The molecule has 432 valence electrons. The van der Waals surface area contributed by atoms with Gasteiger partial charge in [-0.1, -0.05) is 76.2 Å². The molecule has 2 aromatic carbocycles. The van der Waals surface area contributed by atoms with Gasteiger partial charge in [-0.25, -0.2) is 18.2 Å². The van der Waals surface area contributed by atoms with Crippen LogP contribution in [0.15, 0.2) is 60.2 Å². The van der Waals surface area contributed by atoms with Crippen molar-refractivity contribution in [1.29, 1.82) is 0 Å². The summed E-state index contributed by atoms with van der Waals surface area (Å²) in [5, 5.41) is 42.4. The molecule has 0 aliphatic carbocycles. The Bertz CT molecular complexity index is 2810. The van der Waals surface area contributed by atoms with Crippen molar-refractivity contribution < 1.29 is 95.7 Å². The van der Waals surface area contributed by atoms with Gasteiger partial charge >= 0.3 is 35.7 Å². The molecule has 0 saturated carbocycles. The molecular weight excluding hydrogens is 1090 g/mol. The molecule has 2 saturated heterocycles. The number of hydrogen-bond acceptors (Lipinski definition) is 18. The fourth-order valence-corrected chi connectivity index (χ4v) is 10.5. The molecule has 0 radical (unpaired) electrons. The topological polar surface area (TPSA) is 335 Å². The third-order valence-electron chi connectivity index (χ3n) is 13.4. The number of amides is 6. The first-order valence-corrected chi connectivity index (χ1v) is 28.7. The fourth-order valence-electron chi connectivity index (χ4n) is 9.10. The molecule has 4 heterocycles. The molecule has 1 unspecified atom stereocenters. The number of nitrogens with one attached hydrogen (secondary N) is 5. The fraction of sp³-hybridized carbons (Fsp3) is 0.566. The Hall–Kier alpha value is -5.58. The monoisotopic (exact) mass is 1160 g/mol. The standard InChI is InChI=1S/C53H74N10O14S2.Na/c1-32(2)22-41(48(67)57-42(51(70)79(72,73)74)23-37-18-19-54-47(37)66)58-52(71)77-28-35-12-16-40(17-13-35)76-29-38-26-62(61-60-38)20-8-7-9-21-75-30-44(65)59-46(53(4,5)6)50(69)63-27-39(64)24-43(63)49(68)55-25-34-10-14-36(15-11-34)45-33(3)56-31-78-45;/h10-17,26,31-32,37,39,41-43,46,51,64,70H,7-9,18-25,27-30H2,1-6H3,(H,54,66)(H,55,68)(H,57,67)(H,58,71)(H,59,65)(H,72,73,74);/q;+1/p-1/t37-,39+,41-,42-,43-,46+,51?;/m0./s1. The number of nitrogens with zero attached hydrogens (tertiary/aromatic N) is 5.